The molecule has 0 aliphatic carbocycles. The van der Waals surface area contributed by atoms with Gasteiger partial charge in [-0.25, -0.2) is 14.4 Å². The highest BCUT2D eigenvalue weighted by molar-refractivity contribution is 5.99. The van der Waals surface area contributed by atoms with Gasteiger partial charge in [0.05, 0.1) is 23.8 Å². The molecule has 0 heterocycles. The van der Waals surface area contributed by atoms with Crippen LogP contribution in [-0.4, -0.2) is 79.0 Å². The first-order valence-electron chi connectivity index (χ1n) is 18.0. The fourth-order valence-corrected chi connectivity index (χ4v) is 6.03. The standard InChI is InChI=1S/C23H26O5.C21H22N2O6/c1-13-7-15(3)20(16(4)8-13)22(25)27-11-19(24)12-28-23(26)21-17(5)9-14(2)10-18(21)6;1-13(20(26)27)22-19(25)17(12-14-6-4-3-5-7-14)23-18(24)15-8-10-16(11-9-15)21(28)29-2/h7-10H,11-12H2,1-6H3;3-11,13,17H,12H2,1-2H3,(H,22,25)(H,23,24)(H,26,27)/t;13-,17-/m.0/s1. The van der Waals surface area contributed by atoms with Crippen molar-refractivity contribution < 1.29 is 52.9 Å². The summed E-state index contributed by atoms with van der Waals surface area (Å²) in [4.78, 5) is 84.3. The van der Waals surface area contributed by atoms with Crippen molar-refractivity contribution >= 4 is 41.5 Å². The Hall–Kier alpha value is -6.63. The third-order valence-electron chi connectivity index (χ3n) is 8.69. The smallest absolute Gasteiger partial charge is 0.339 e. The highest BCUT2D eigenvalue weighted by Gasteiger charge is 2.25. The molecule has 0 fully saturated rings. The van der Waals surface area contributed by atoms with Crippen LogP contribution < -0.4 is 10.6 Å². The van der Waals surface area contributed by atoms with E-state index in [0.717, 1.165) is 38.9 Å². The number of ether oxygens (including phenoxy) is 3. The summed E-state index contributed by atoms with van der Waals surface area (Å²) in [5, 5.41) is 14.0. The number of rotatable bonds is 14. The van der Waals surface area contributed by atoms with Gasteiger partial charge in [0.2, 0.25) is 11.7 Å². The Kier molecular flexibility index (Phi) is 16.4. The number of Topliss-reactive ketones (excluding diaryl/α,β-unsaturated/α-hetero) is 1. The highest BCUT2D eigenvalue weighted by Crippen LogP contribution is 2.19. The lowest BCUT2D eigenvalue weighted by atomic mass is 10.00. The number of hydrogen-bond acceptors (Lipinski definition) is 10. The number of ketones is 1. The minimum atomic E-state index is -1.18. The summed E-state index contributed by atoms with van der Waals surface area (Å²) in [6.07, 6.45) is 0.186. The first-order chi connectivity index (χ1) is 26.9. The molecule has 4 aromatic carbocycles. The number of esters is 3. The van der Waals surface area contributed by atoms with E-state index in [2.05, 4.69) is 15.4 Å². The number of carboxylic acid groups (broad SMARTS) is 1. The molecule has 0 radical (unpaired) electrons. The maximum Gasteiger partial charge on any atom is 0.339 e. The molecule has 13 heteroatoms. The van der Waals surface area contributed by atoms with Crippen molar-refractivity contribution in [3.63, 3.8) is 0 Å². The molecule has 300 valence electrons. The molecule has 0 spiro atoms. The summed E-state index contributed by atoms with van der Waals surface area (Å²) < 4.78 is 14.8. The van der Waals surface area contributed by atoms with Crippen LogP contribution in [0.1, 0.15) is 87.3 Å². The quantitative estimate of drug-likeness (QED) is 0.108. The van der Waals surface area contributed by atoms with E-state index in [1.807, 2.05) is 71.9 Å². The van der Waals surface area contributed by atoms with Gasteiger partial charge in [-0.2, -0.15) is 0 Å². The van der Waals surface area contributed by atoms with E-state index in [1.165, 1.54) is 38.3 Å². The summed E-state index contributed by atoms with van der Waals surface area (Å²) in [7, 11) is 1.26. The van der Waals surface area contributed by atoms with Crippen molar-refractivity contribution in [1.82, 2.24) is 10.6 Å². The molecule has 57 heavy (non-hydrogen) atoms. The summed E-state index contributed by atoms with van der Waals surface area (Å²) >= 11 is 0. The molecule has 2 atom stereocenters. The van der Waals surface area contributed by atoms with E-state index in [9.17, 15) is 33.6 Å². The summed E-state index contributed by atoms with van der Waals surface area (Å²) in [5.41, 5.74) is 7.55. The molecule has 0 unspecified atom stereocenters. The van der Waals surface area contributed by atoms with Gasteiger partial charge >= 0.3 is 23.9 Å². The van der Waals surface area contributed by atoms with Crippen molar-refractivity contribution in [3.8, 4) is 0 Å². The van der Waals surface area contributed by atoms with Gasteiger partial charge in [0, 0.05) is 12.0 Å². The number of hydrogen-bond donors (Lipinski definition) is 3. The number of benzene rings is 4. The average molecular weight is 781 g/mol. The lowest BCUT2D eigenvalue weighted by Crippen LogP contribution is -2.51. The van der Waals surface area contributed by atoms with Crippen LogP contribution in [0.5, 0.6) is 0 Å². The third-order valence-corrected chi connectivity index (χ3v) is 8.69. The van der Waals surface area contributed by atoms with Crippen molar-refractivity contribution in [2.75, 3.05) is 20.3 Å². The zero-order chi connectivity index (χ0) is 42.4. The molecule has 0 aromatic heterocycles. The number of carboxylic acids is 1. The molecular weight excluding hydrogens is 732 g/mol. The Morgan fingerprint density at radius 1 is 0.614 bits per heavy atom. The van der Waals surface area contributed by atoms with Crippen molar-refractivity contribution in [2.45, 2.75) is 67.0 Å². The lowest BCUT2D eigenvalue weighted by Gasteiger charge is -2.20. The first-order valence-corrected chi connectivity index (χ1v) is 18.0. The molecule has 4 rings (SSSR count). The van der Waals surface area contributed by atoms with Crippen LogP contribution >= 0.6 is 0 Å². The molecule has 4 aromatic rings. The van der Waals surface area contributed by atoms with Crippen molar-refractivity contribution in [2.24, 2.45) is 0 Å². The van der Waals surface area contributed by atoms with Crippen LogP contribution in [0.15, 0.2) is 78.9 Å². The van der Waals surface area contributed by atoms with E-state index in [0.29, 0.717) is 11.1 Å². The molecule has 13 nitrogen and oxygen atoms in total. The molecule has 3 N–H and O–H groups in total. The normalized spacial score (nSPS) is 11.4. The van der Waals surface area contributed by atoms with Gasteiger partial charge in [-0.15, -0.1) is 0 Å². The van der Waals surface area contributed by atoms with Crippen LogP contribution in [0.2, 0.25) is 0 Å². The Morgan fingerprint density at radius 2 is 1.05 bits per heavy atom. The summed E-state index contributed by atoms with van der Waals surface area (Å²) in [6, 6.07) is 20.3. The number of amides is 2. The second-order valence-corrected chi connectivity index (χ2v) is 13.6. The monoisotopic (exact) mass is 780 g/mol. The number of nitrogens with one attached hydrogen (secondary N) is 2. The Morgan fingerprint density at radius 3 is 1.47 bits per heavy atom. The zero-order valence-corrected chi connectivity index (χ0v) is 33.3. The van der Waals surface area contributed by atoms with Crippen LogP contribution in [0.25, 0.3) is 0 Å². The number of aliphatic carboxylic acids is 1. The van der Waals surface area contributed by atoms with Gasteiger partial charge in [0.15, 0.2) is 13.2 Å². The van der Waals surface area contributed by atoms with Gasteiger partial charge in [-0.05, 0) is 101 Å². The molecule has 0 aliphatic heterocycles. The first kappa shape index (κ1) is 44.8. The van der Waals surface area contributed by atoms with Gasteiger partial charge in [0.25, 0.3) is 5.91 Å². The Bertz CT molecular complexity index is 2000. The van der Waals surface area contributed by atoms with E-state index < -0.39 is 66.8 Å². The van der Waals surface area contributed by atoms with Crippen LogP contribution in [0, 0.1) is 41.5 Å². The predicted octanol–water partition coefficient (Wildman–Crippen LogP) is 5.52. The summed E-state index contributed by atoms with van der Waals surface area (Å²) in [6.45, 7) is 11.7. The van der Waals surface area contributed by atoms with Gasteiger partial charge in [-0.1, -0.05) is 65.7 Å². The Balaban J connectivity index is 0.000000306. The van der Waals surface area contributed by atoms with Crippen molar-refractivity contribution in [1.29, 1.82) is 0 Å². The minimum Gasteiger partial charge on any atom is -0.480 e. The summed E-state index contributed by atoms with van der Waals surface area (Å²) in [5.74, 6) is -4.43. The molecular formula is C44H48N2O11. The maximum absolute atomic E-state index is 12.6. The molecule has 0 saturated heterocycles. The van der Waals surface area contributed by atoms with Crippen LogP contribution in [-0.2, 0) is 35.0 Å². The fourth-order valence-electron chi connectivity index (χ4n) is 6.03. The third kappa shape index (κ3) is 13.3. The number of aryl methyl sites for hydroxylation is 6. The van der Waals surface area contributed by atoms with Crippen LogP contribution in [0.3, 0.4) is 0 Å². The fraction of sp³-hybridized carbons (Fsp3) is 0.295. The minimum absolute atomic E-state index is 0.186. The average Bonchev–Trinajstić information content (AvgIpc) is 3.15. The molecule has 2 amide bonds. The lowest BCUT2D eigenvalue weighted by molar-refractivity contribution is -0.141. The number of carbonyl (C=O) groups excluding carboxylic acids is 6. The molecule has 0 aliphatic rings. The zero-order valence-electron chi connectivity index (χ0n) is 33.3. The second-order valence-electron chi connectivity index (χ2n) is 13.6. The largest absolute Gasteiger partial charge is 0.480 e. The number of methoxy groups -OCH3 is 1. The number of carbonyl (C=O) groups is 7. The van der Waals surface area contributed by atoms with E-state index >= 15 is 0 Å². The highest BCUT2D eigenvalue weighted by atomic mass is 16.6. The Labute approximate surface area is 331 Å². The molecule has 0 saturated carbocycles. The van der Waals surface area contributed by atoms with E-state index in [4.69, 9.17) is 14.6 Å². The van der Waals surface area contributed by atoms with Gasteiger partial charge < -0.3 is 30.0 Å². The van der Waals surface area contributed by atoms with E-state index in [1.54, 1.807) is 24.3 Å². The SMILES string of the molecule is COC(=O)c1ccc(C(=O)N[C@@H](Cc2ccccc2)C(=O)N[C@@H](C)C(=O)O)cc1.Cc1cc(C)c(C(=O)OCC(=O)COC(=O)c2c(C)cc(C)cc2C)c(C)c1. The maximum atomic E-state index is 12.6. The van der Waals surface area contributed by atoms with Crippen LogP contribution in [0.4, 0.5) is 0 Å². The van der Waals surface area contributed by atoms with E-state index in [-0.39, 0.29) is 17.5 Å². The van der Waals surface area contributed by atoms with Gasteiger partial charge in [-0.3, -0.25) is 19.2 Å². The van der Waals surface area contributed by atoms with Gasteiger partial charge in [0.1, 0.15) is 12.1 Å². The molecule has 0 bridgehead atoms. The topological polar surface area (TPSA) is 191 Å². The second kappa shape index (κ2) is 20.9. The predicted molar refractivity (Wildman–Crippen MR) is 211 cm³/mol. The van der Waals surface area contributed by atoms with Crippen molar-refractivity contribution in [3.05, 3.63) is 140 Å².